The Kier molecular flexibility index (Phi) is 5.79. The highest BCUT2D eigenvalue weighted by atomic mass is 79.9. The van der Waals surface area contributed by atoms with Gasteiger partial charge in [-0.25, -0.2) is 4.39 Å². The van der Waals surface area contributed by atoms with Crippen molar-refractivity contribution in [3.05, 3.63) is 56.7 Å². The van der Waals surface area contributed by atoms with E-state index in [0.717, 1.165) is 16.5 Å². The van der Waals surface area contributed by atoms with E-state index >= 15 is 0 Å². The van der Waals surface area contributed by atoms with Gasteiger partial charge in [0.05, 0.1) is 4.47 Å². The molecule has 0 saturated carbocycles. The lowest BCUT2D eigenvalue weighted by atomic mass is 10.0. The molecular formula is C16H16Br2FNO. The van der Waals surface area contributed by atoms with Crippen molar-refractivity contribution >= 4 is 31.9 Å². The number of nitrogens with two attached hydrogens (primary N) is 1. The van der Waals surface area contributed by atoms with E-state index in [1.807, 2.05) is 25.1 Å². The molecule has 1 unspecified atom stereocenters. The first-order valence-electron chi connectivity index (χ1n) is 6.66. The smallest absolute Gasteiger partial charge is 0.144 e. The third-order valence-electron chi connectivity index (χ3n) is 3.14. The fourth-order valence-electron chi connectivity index (χ4n) is 1.91. The lowest BCUT2D eigenvalue weighted by Gasteiger charge is -2.15. The largest absolute Gasteiger partial charge is 0.456 e. The predicted octanol–water partition coefficient (Wildman–Crippen LogP) is 5.42. The van der Waals surface area contributed by atoms with Gasteiger partial charge < -0.3 is 10.5 Å². The first-order chi connectivity index (χ1) is 9.99. The van der Waals surface area contributed by atoms with Crippen molar-refractivity contribution in [2.45, 2.75) is 25.8 Å². The minimum atomic E-state index is -0.336. The van der Waals surface area contributed by atoms with Crippen molar-refractivity contribution in [3.63, 3.8) is 0 Å². The molecule has 0 saturated heterocycles. The van der Waals surface area contributed by atoms with Gasteiger partial charge in [0.1, 0.15) is 17.3 Å². The van der Waals surface area contributed by atoms with Crippen LogP contribution in [0.15, 0.2) is 45.3 Å². The molecule has 5 heteroatoms. The molecule has 0 aromatic heterocycles. The first kappa shape index (κ1) is 16.5. The molecule has 2 rings (SSSR count). The molecule has 112 valence electrons. The van der Waals surface area contributed by atoms with Gasteiger partial charge in [0.15, 0.2) is 0 Å². The number of rotatable bonds is 5. The zero-order valence-corrected chi connectivity index (χ0v) is 14.7. The second-order valence-electron chi connectivity index (χ2n) is 4.80. The fraction of sp³-hybridized carbons (Fsp3) is 0.250. The lowest BCUT2D eigenvalue weighted by Crippen LogP contribution is -2.21. The highest BCUT2D eigenvalue weighted by Gasteiger charge is 2.11. The Balaban J connectivity index is 2.32. The van der Waals surface area contributed by atoms with Crippen molar-refractivity contribution in [3.8, 4) is 11.5 Å². The van der Waals surface area contributed by atoms with Crippen LogP contribution in [0.1, 0.15) is 18.9 Å². The molecule has 0 amide bonds. The Morgan fingerprint density at radius 2 is 1.90 bits per heavy atom. The van der Waals surface area contributed by atoms with Crippen molar-refractivity contribution in [2.24, 2.45) is 5.73 Å². The first-order valence-corrected chi connectivity index (χ1v) is 8.25. The highest BCUT2D eigenvalue weighted by Crippen LogP contribution is 2.33. The van der Waals surface area contributed by atoms with Crippen LogP contribution in [0.2, 0.25) is 0 Å². The average molecular weight is 417 g/mol. The van der Waals surface area contributed by atoms with Crippen LogP contribution in [0.5, 0.6) is 11.5 Å². The third kappa shape index (κ3) is 4.53. The maximum atomic E-state index is 13.4. The van der Waals surface area contributed by atoms with Gasteiger partial charge in [0.25, 0.3) is 0 Å². The molecule has 21 heavy (non-hydrogen) atoms. The SMILES string of the molecule is CCC(N)Cc1cc(Br)ccc1Oc1cc(F)ccc1Br. The topological polar surface area (TPSA) is 35.2 Å². The minimum absolute atomic E-state index is 0.0672. The standard InChI is InChI=1S/C16H16Br2FNO/c1-2-13(20)8-10-7-11(17)3-6-15(10)21-16-9-12(19)4-5-14(16)18/h3-7,9,13H,2,8,20H2,1H3. The van der Waals surface area contributed by atoms with Gasteiger partial charge in [-0.15, -0.1) is 0 Å². The average Bonchev–Trinajstić information content (AvgIpc) is 2.45. The Labute approximate surface area is 140 Å². The summed E-state index contributed by atoms with van der Waals surface area (Å²) in [5, 5.41) is 0. The van der Waals surface area contributed by atoms with E-state index < -0.39 is 0 Å². The maximum Gasteiger partial charge on any atom is 0.144 e. The number of ether oxygens (including phenoxy) is 1. The van der Waals surface area contributed by atoms with E-state index in [4.69, 9.17) is 10.5 Å². The normalized spacial score (nSPS) is 12.2. The van der Waals surface area contributed by atoms with Crippen LogP contribution < -0.4 is 10.5 Å². The van der Waals surface area contributed by atoms with Crippen molar-refractivity contribution in [2.75, 3.05) is 0 Å². The van der Waals surface area contributed by atoms with Gasteiger partial charge in [-0.1, -0.05) is 22.9 Å². The van der Waals surface area contributed by atoms with Crippen molar-refractivity contribution in [1.29, 1.82) is 0 Å². The number of benzene rings is 2. The van der Waals surface area contributed by atoms with Gasteiger partial charge in [-0.2, -0.15) is 0 Å². The third-order valence-corrected chi connectivity index (χ3v) is 4.29. The van der Waals surface area contributed by atoms with E-state index in [9.17, 15) is 4.39 Å². The Morgan fingerprint density at radius 3 is 2.62 bits per heavy atom. The summed E-state index contributed by atoms with van der Waals surface area (Å²) in [5.41, 5.74) is 7.03. The summed E-state index contributed by atoms with van der Waals surface area (Å²) in [7, 11) is 0. The van der Waals surface area contributed by atoms with Crippen LogP contribution >= 0.6 is 31.9 Å². The van der Waals surface area contributed by atoms with E-state index in [2.05, 4.69) is 31.9 Å². The minimum Gasteiger partial charge on any atom is -0.456 e. The summed E-state index contributed by atoms with van der Waals surface area (Å²) in [6.07, 6.45) is 1.59. The molecule has 0 radical (unpaired) electrons. The fourth-order valence-corrected chi connectivity index (χ4v) is 2.64. The molecule has 0 heterocycles. The Hall–Kier alpha value is -0.910. The molecule has 2 aromatic carbocycles. The molecule has 0 fully saturated rings. The summed E-state index contributed by atoms with van der Waals surface area (Å²) >= 11 is 6.82. The second-order valence-corrected chi connectivity index (χ2v) is 6.57. The number of hydrogen-bond acceptors (Lipinski definition) is 2. The van der Waals surface area contributed by atoms with Gasteiger partial charge in [-0.3, -0.25) is 0 Å². The van der Waals surface area contributed by atoms with Gasteiger partial charge in [0.2, 0.25) is 0 Å². The zero-order valence-electron chi connectivity index (χ0n) is 11.6. The maximum absolute atomic E-state index is 13.4. The van der Waals surface area contributed by atoms with Crippen LogP contribution in [0, 0.1) is 5.82 Å². The molecule has 0 spiro atoms. The van der Waals surface area contributed by atoms with Crippen LogP contribution in [0.4, 0.5) is 4.39 Å². The summed E-state index contributed by atoms with van der Waals surface area (Å²) in [5.74, 6) is 0.800. The van der Waals surface area contributed by atoms with E-state index in [1.165, 1.54) is 12.1 Å². The molecule has 1 atom stereocenters. The summed E-state index contributed by atoms with van der Waals surface area (Å²) in [4.78, 5) is 0. The van der Waals surface area contributed by atoms with E-state index in [0.29, 0.717) is 22.4 Å². The van der Waals surface area contributed by atoms with Crippen molar-refractivity contribution < 1.29 is 9.13 Å². The number of halogens is 3. The zero-order chi connectivity index (χ0) is 15.4. The van der Waals surface area contributed by atoms with Gasteiger partial charge in [0, 0.05) is 16.6 Å². The Morgan fingerprint density at radius 1 is 1.14 bits per heavy atom. The van der Waals surface area contributed by atoms with Gasteiger partial charge in [-0.05, 0) is 64.7 Å². The predicted molar refractivity (Wildman–Crippen MR) is 90.3 cm³/mol. The monoisotopic (exact) mass is 415 g/mol. The van der Waals surface area contributed by atoms with E-state index in [-0.39, 0.29) is 11.9 Å². The van der Waals surface area contributed by atoms with Crippen molar-refractivity contribution in [1.82, 2.24) is 0 Å². The molecule has 2 nitrogen and oxygen atoms in total. The lowest BCUT2D eigenvalue weighted by molar-refractivity contribution is 0.464. The molecule has 0 bridgehead atoms. The molecule has 0 aliphatic rings. The highest BCUT2D eigenvalue weighted by molar-refractivity contribution is 9.10. The van der Waals surface area contributed by atoms with E-state index in [1.54, 1.807) is 6.07 Å². The van der Waals surface area contributed by atoms with Gasteiger partial charge >= 0.3 is 0 Å². The van der Waals surface area contributed by atoms with Crippen LogP contribution in [-0.4, -0.2) is 6.04 Å². The summed E-state index contributed by atoms with van der Waals surface area (Å²) < 4.78 is 20.9. The molecule has 0 aliphatic heterocycles. The molecule has 0 aliphatic carbocycles. The summed E-state index contributed by atoms with van der Waals surface area (Å²) in [6.45, 7) is 2.05. The molecule has 2 N–H and O–H groups in total. The van der Waals surface area contributed by atoms with Crippen LogP contribution in [0.25, 0.3) is 0 Å². The second kappa shape index (κ2) is 7.38. The molecule has 2 aromatic rings. The number of hydrogen-bond donors (Lipinski definition) is 1. The quantitative estimate of drug-likeness (QED) is 0.705. The summed E-state index contributed by atoms with van der Waals surface area (Å²) in [6, 6.07) is 10.2. The molecular weight excluding hydrogens is 401 g/mol. The van der Waals surface area contributed by atoms with Crippen LogP contribution in [0.3, 0.4) is 0 Å². The van der Waals surface area contributed by atoms with Crippen LogP contribution in [-0.2, 0) is 6.42 Å². The Bertz CT molecular complexity index is 634.